The molecule has 2 aromatic heterocycles. The fourth-order valence-corrected chi connectivity index (χ4v) is 11.2. The lowest BCUT2D eigenvalue weighted by molar-refractivity contribution is 0.668. The summed E-state index contributed by atoms with van der Waals surface area (Å²) >= 11 is 0. The number of fused-ring (bicyclic) bond motifs is 18. The monoisotopic (exact) mass is 815 g/mol. The summed E-state index contributed by atoms with van der Waals surface area (Å²) in [5.41, 5.74) is 20.7. The van der Waals surface area contributed by atoms with E-state index in [9.17, 15) is 0 Å². The molecule has 3 heteroatoms. The molecule has 0 saturated heterocycles. The minimum atomic E-state index is -0.700. The highest BCUT2D eigenvalue weighted by Gasteiger charge is 2.50. The highest BCUT2D eigenvalue weighted by molar-refractivity contribution is 6.10. The van der Waals surface area contributed by atoms with Crippen LogP contribution in [0.2, 0.25) is 0 Å². The van der Waals surface area contributed by atoms with E-state index in [-0.39, 0.29) is 0 Å². The van der Waals surface area contributed by atoms with Gasteiger partial charge in [-0.2, -0.15) is 0 Å². The summed E-state index contributed by atoms with van der Waals surface area (Å²) in [6.07, 6.45) is 0. The number of anilines is 3. The van der Waals surface area contributed by atoms with Gasteiger partial charge in [-0.1, -0.05) is 164 Å². The molecule has 0 fully saturated rings. The van der Waals surface area contributed by atoms with Crippen molar-refractivity contribution in [2.75, 3.05) is 4.90 Å². The standard InChI is InChI=1S/C61H37NO2/c1-2-16-38(17-3-1)41-18-8-13-27-56(41)62(39-31-33-59-50(34-39)47-23-9-14-28-57(47)63-59)40-30-32-46-43-20-5-4-19-42(43)44-21-6-11-25-52(44)61(54(46)35-40)53-26-12-7-22-45(53)49-37-60-51(36-55(49)61)48-24-10-15-29-58(48)64-60/h1-37H. The van der Waals surface area contributed by atoms with Crippen molar-refractivity contribution in [1.82, 2.24) is 0 Å². The molecule has 0 bridgehead atoms. The molecule has 1 atom stereocenters. The van der Waals surface area contributed by atoms with Gasteiger partial charge in [0.05, 0.1) is 11.1 Å². The second-order valence-corrected chi connectivity index (χ2v) is 17.1. The van der Waals surface area contributed by atoms with Crippen molar-refractivity contribution in [3.05, 3.63) is 247 Å². The molecule has 3 nitrogen and oxygen atoms in total. The Morgan fingerprint density at radius 2 is 0.766 bits per heavy atom. The van der Waals surface area contributed by atoms with Crippen LogP contribution in [-0.2, 0) is 5.41 Å². The molecule has 14 rings (SSSR count). The molecule has 10 aromatic carbocycles. The molecule has 0 N–H and O–H groups in total. The van der Waals surface area contributed by atoms with Gasteiger partial charge in [0.1, 0.15) is 22.3 Å². The molecule has 0 amide bonds. The third-order valence-corrected chi connectivity index (χ3v) is 13.9. The lowest BCUT2D eigenvalue weighted by Gasteiger charge is -2.36. The molecule has 64 heavy (non-hydrogen) atoms. The minimum Gasteiger partial charge on any atom is -0.456 e. The lowest BCUT2D eigenvalue weighted by Crippen LogP contribution is -2.29. The smallest absolute Gasteiger partial charge is 0.136 e. The summed E-state index contributed by atoms with van der Waals surface area (Å²) in [6.45, 7) is 0. The van der Waals surface area contributed by atoms with Crippen molar-refractivity contribution >= 4 is 60.9 Å². The van der Waals surface area contributed by atoms with Crippen LogP contribution in [0.15, 0.2) is 233 Å². The van der Waals surface area contributed by atoms with Crippen LogP contribution >= 0.6 is 0 Å². The van der Waals surface area contributed by atoms with Gasteiger partial charge >= 0.3 is 0 Å². The quantitative estimate of drug-likeness (QED) is 0.177. The van der Waals surface area contributed by atoms with Crippen molar-refractivity contribution in [2.24, 2.45) is 0 Å². The number of hydrogen-bond donors (Lipinski definition) is 0. The van der Waals surface area contributed by atoms with E-state index in [1.165, 1.54) is 55.6 Å². The zero-order valence-electron chi connectivity index (χ0n) is 34.6. The zero-order chi connectivity index (χ0) is 41.9. The highest BCUT2D eigenvalue weighted by Crippen LogP contribution is 2.63. The van der Waals surface area contributed by atoms with Gasteiger partial charge in [-0.15, -0.1) is 0 Å². The molecular formula is C61H37NO2. The van der Waals surface area contributed by atoms with Gasteiger partial charge in [0, 0.05) is 38.5 Å². The Kier molecular flexibility index (Phi) is 7.32. The number of rotatable bonds is 4. The summed E-state index contributed by atoms with van der Waals surface area (Å²) in [5.74, 6) is 0. The van der Waals surface area contributed by atoms with E-state index < -0.39 is 5.41 Å². The molecule has 2 aliphatic rings. The second-order valence-electron chi connectivity index (χ2n) is 17.1. The Labute approximate surface area is 369 Å². The molecule has 0 aliphatic heterocycles. The number of nitrogens with zero attached hydrogens (tertiary/aromatic N) is 1. The first-order chi connectivity index (χ1) is 31.7. The average molecular weight is 816 g/mol. The largest absolute Gasteiger partial charge is 0.456 e. The number of benzene rings is 10. The van der Waals surface area contributed by atoms with E-state index >= 15 is 0 Å². The molecule has 12 aromatic rings. The van der Waals surface area contributed by atoms with Crippen LogP contribution in [0.5, 0.6) is 0 Å². The van der Waals surface area contributed by atoms with Gasteiger partial charge in [0.15, 0.2) is 0 Å². The van der Waals surface area contributed by atoms with Gasteiger partial charge in [0.2, 0.25) is 0 Å². The summed E-state index contributed by atoms with van der Waals surface area (Å²) in [7, 11) is 0. The molecule has 1 spiro atoms. The average Bonchev–Trinajstić information content (AvgIpc) is 3.99. The van der Waals surface area contributed by atoms with Crippen molar-refractivity contribution in [3.8, 4) is 44.5 Å². The Hall–Kier alpha value is -8.40. The lowest BCUT2D eigenvalue weighted by atomic mass is 9.65. The van der Waals surface area contributed by atoms with E-state index in [1.807, 2.05) is 6.07 Å². The van der Waals surface area contributed by atoms with Crippen LogP contribution in [0.1, 0.15) is 22.3 Å². The fraction of sp³-hybridized carbons (Fsp3) is 0.0164. The van der Waals surface area contributed by atoms with Crippen LogP contribution in [0, 0.1) is 0 Å². The highest BCUT2D eigenvalue weighted by atomic mass is 16.3. The summed E-state index contributed by atoms with van der Waals surface area (Å²) < 4.78 is 13.0. The summed E-state index contributed by atoms with van der Waals surface area (Å²) in [6, 6.07) is 82.0. The van der Waals surface area contributed by atoms with Crippen molar-refractivity contribution in [1.29, 1.82) is 0 Å². The minimum absolute atomic E-state index is 0.700. The first-order valence-corrected chi connectivity index (χ1v) is 22.0. The second kappa shape index (κ2) is 13.3. The van der Waals surface area contributed by atoms with Crippen LogP contribution < -0.4 is 4.90 Å². The Balaban J connectivity index is 1.13. The molecule has 298 valence electrons. The maximum atomic E-state index is 6.62. The number of hydrogen-bond acceptors (Lipinski definition) is 3. The van der Waals surface area contributed by atoms with Crippen molar-refractivity contribution < 1.29 is 8.83 Å². The van der Waals surface area contributed by atoms with Gasteiger partial charge < -0.3 is 13.7 Å². The topological polar surface area (TPSA) is 29.5 Å². The van der Waals surface area contributed by atoms with Crippen LogP contribution in [0.3, 0.4) is 0 Å². The molecule has 1 unspecified atom stereocenters. The Bertz CT molecular complexity index is 3870. The van der Waals surface area contributed by atoms with Crippen LogP contribution in [0.25, 0.3) is 88.4 Å². The number of furan rings is 2. The maximum Gasteiger partial charge on any atom is 0.136 e. The van der Waals surface area contributed by atoms with Gasteiger partial charge in [0.25, 0.3) is 0 Å². The van der Waals surface area contributed by atoms with Gasteiger partial charge in [-0.3, -0.25) is 0 Å². The predicted octanol–water partition coefficient (Wildman–Crippen LogP) is 16.6. The third-order valence-electron chi connectivity index (χ3n) is 13.9. The molecular weight excluding hydrogens is 779 g/mol. The predicted molar refractivity (Wildman–Crippen MR) is 263 cm³/mol. The molecule has 0 radical (unpaired) electrons. The third kappa shape index (κ3) is 4.81. The molecule has 2 heterocycles. The molecule has 2 aliphatic carbocycles. The van der Waals surface area contributed by atoms with Crippen LogP contribution in [-0.4, -0.2) is 0 Å². The number of para-hydroxylation sites is 3. The van der Waals surface area contributed by atoms with Crippen molar-refractivity contribution in [3.63, 3.8) is 0 Å². The van der Waals surface area contributed by atoms with E-state index in [0.29, 0.717) is 0 Å². The van der Waals surface area contributed by atoms with E-state index in [4.69, 9.17) is 8.83 Å². The normalized spacial score (nSPS) is 14.6. The van der Waals surface area contributed by atoms with E-state index in [1.54, 1.807) is 0 Å². The first-order valence-electron chi connectivity index (χ1n) is 22.0. The Morgan fingerprint density at radius 3 is 1.48 bits per heavy atom. The van der Waals surface area contributed by atoms with Gasteiger partial charge in [-0.05, 0) is 122 Å². The SMILES string of the molecule is c1ccc(-c2ccccc2N(c2ccc3c(c2)C2(c4ccccc4-c4ccccc4-3)c3ccccc3-c3cc4oc5ccccc5c4cc32)c2ccc3oc4ccccc4c3c2)cc1. The van der Waals surface area contributed by atoms with Crippen molar-refractivity contribution in [2.45, 2.75) is 5.41 Å². The summed E-state index contributed by atoms with van der Waals surface area (Å²) in [5, 5.41) is 4.43. The van der Waals surface area contributed by atoms with Gasteiger partial charge in [-0.25, -0.2) is 0 Å². The first kappa shape index (κ1) is 35.2. The summed E-state index contributed by atoms with van der Waals surface area (Å²) in [4.78, 5) is 2.45. The maximum absolute atomic E-state index is 6.62. The Morgan fingerprint density at radius 1 is 0.281 bits per heavy atom. The molecule has 0 saturated carbocycles. The zero-order valence-corrected chi connectivity index (χ0v) is 34.6. The van der Waals surface area contributed by atoms with Crippen LogP contribution in [0.4, 0.5) is 17.1 Å². The van der Waals surface area contributed by atoms with E-state index in [2.05, 4.69) is 223 Å². The fourth-order valence-electron chi connectivity index (χ4n) is 11.2. The van der Waals surface area contributed by atoms with E-state index in [0.717, 1.165) is 72.1 Å².